The molecule has 0 amide bonds. The van der Waals surface area contributed by atoms with Gasteiger partial charge in [-0.2, -0.15) is 0 Å². The molecule has 140 valence electrons. The van der Waals surface area contributed by atoms with Crippen LogP contribution in [-0.2, 0) is 11.3 Å². The summed E-state index contributed by atoms with van der Waals surface area (Å²) in [5, 5.41) is 0. The third-order valence-corrected chi connectivity index (χ3v) is 4.56. The Bertz CT molecular complexity index is 794. The van der Waals surface area contributed by atoms with Crippen LogP contribution in [-0.4, -0.2) is 25.2 Å². The van der Waals surface area contributed by atoms with Crippen molar-refractivity contribution >= 4 is 5.69 Å². The number of hydrogen-bond donors (Lipinski definition) is 0. The molecule has 0 aliphatic carbocycles. The summed E-state index contributed by atoms with van der Waals surface area (Å²) in [5.74, 6) is 0. The lowest BCUT2D eigenvalue weighted by atomic mass is 10.1. The molecule has 3 rings (SSSR count). The summed E-state index contributed by atoms with van der Waals surface area (Å²) < 4.78 is 5.59. The zero-order valence-corrected chi connectivity index (χ0v) is 16.2. The molecule has 0 spiro atoms. The quantitative estimate of drug-likeness (QED) is 0.631. The topological polar surface area (TPSA) is 15.7 Å². The molecule has 3 nitrogen and oxygen atoms in total. The zero-order chi connectivity index (χ0) is 18.9. The van der Waals surface area contributed by atoms with Gasteiger partial charge in [-0.05, 0) is 36.3 Å². The van der Waals surface area contributed by atoms with Crippen LogP contribution in [0.2, 0.25) is 0 Å². The average molecular weight is 361 g/mol. The number of anilines is 1. The van der Waals surface area contributed by atoms with Gasteiger partial charge in [0.05, 0.1) is 18.0 Å². The molecule has 3 heteroatoms. The molecule has 1 aliphatic heterocycles. The molecular weight excluding hydrogens is 332 g/mol. The minimum Gasteiger partial charge on any atom is -0.378 e. The molecule has 1 heterocycles. The largest absolute Gasteiger partial charge is 0.378 e. The number of rotatable bonds is 8. The molecule has 1 aliphatic rings. The fourth-order valence-electron chi connectivity index (χ4n) is 3.31. The predicted octanol–water partition coefficient (Wildman–Crippen LogP) is 5.35. The van der Waals surface area contributed by atoms with Crippen molar-refractivity contribution in [3.05, 3.63) is 102 Å². The van der Waals surface area contributed by atoms with Crippen molar-refractivity contribution in [2.75, 3.05) is 25.2 Å². The van der Waals surface area contributed by atoms with Crippen LogP contribution in [0.5, 0.6) is 0 Å². The van der Waals surface area contributed by atoms with Crippen molar-refractivity contribution in [1.82, 2.24) is 4.90 Å². The second kappa shape index (κ2) is 9.79. The number of nitrogens with zero attached hydrogens (tertiary/aromatic N) is 2. The summed E-state index contributed by atoms with van der Waals surface area (Å²) in [7, 11) is 1.76. The van der Waals surface area contributed by atoms with E-state index < -0.39 is 0 Å². The minimum absolute atomic E-state index is 0.572. The molecule has 0 saturated heterocycles. The highest BCUT2D eigenvalue weighted by Gasteiger charge is 2.19. The number of methoxy groups -OCH3 is 1. The van der Waals surface area contributed by atoms with Crippen molar-refractivity contribution in [1.29, 1.82) is 0 Å². The van der Waals surface area contributed by atoms with Gasteiger partial charge in [0.1, 0.15) is 0 Å². The van der Waals surface area contributed by atoms with Gasteiger partial charge in [0.2, 0.25) is 0 Å². The Morgan fingerprint density at radius 1 is 0.926 bits per heavy atom. The van der Waals surface area contributed by atoms with Gasteiger partial charge in [0, 0.05) is 32.1 Å². The molecule has 0 unspecified atom stereocenters. The molecule has 0 radical (unpaired) electrons. The maximum Gasteiger partial charge on any atom is 0.0885 e. The highest BCUT2D eigenvalue weighted by Crippen LogP contribution is 2.28. The standard InChI is InChI=1S/C24H28N2O/c1-3-17-25-18-11-10-16-23(24(25)20-27-2)26(22-14-8-5-9-15-22)19-21-12-6-4-7-13-21/h4-16,18H,3,17,19-20H2,1-2H3. The van der Waals surface area contributed by atoms with Crippen LogP contribution in [0, 0.1) is 0 Å². The molecule has 0 atom stereocenters. The lowest BCUT2D eigenvalue weighted by molar-refractivity contribution is 0.200. The predicted molar refractivity (Wildman–Crippen MR) is 113 cm³/mol. The third kappa shape index (κ3) is 4.89. The Morgan fingerprint density at radius 3 is 2.30 bits per heavy atom. The first kappa shape index (κ1) is 19.0. The Kier molecular flexibility index (Phi) is 6.89. The van der Waals surface area contributed by atoms with E-state index in [0.717, 1.165) is 19.5 Å². The van der Waals surface area contributed by atoms with Gasteiger partial charge in [-0.1, -0.05) is 61.5 Å². The van der Waals surface area contributed by atoms with Crippen LogP contribution in [0.3, 0.4) is 0 Å². The Hall–Kier alpha value is -2.78. The molecule has 0 saturated carbocycles. The summed E-state index contributed by atoms with van der Waals surface area (Å²) in [5.41, 5.74) is 4.81. The van der Waals surface area contributed by atoms with Crippen molar-refractivity contribution in [2.45, 2.75) is 19.9 Å². The van der Waals surface area contributed by atoms with Gasteiger partial charge >= 0.3 is 0 Å². The summed E-state index contributed by atoms with van der Waals surface area (Å²) in [6, 6.07) is 21.2. The first-order valence-electron chi connectivity index (χ1n) is 9.53. The van der Waals surface area contributed by atoms with Crippen LogP contribution < -0.4 is 4.90 Å². The van der Waals surface area contributed by atoms with Crippen LogP contribution in [0.15, 0.2) is 96.5 Å². The van der Waals surface area contributed by atoms with Crippen molar-refractivity contribution in [2.24, 2.45) is 0 Å². The van der Waals surface area contributed by atoms with Crippen molar-refractivity contribution in [3.8, 4) is 0 Å². The first-order valence-corrected chi connectivity index (χ1v) is 9.53. The molecule has 0 bridgehead atoms. The smallest absolute Gasteiger partial charge is 0.0885 e. The average Bonchev–Trinajstić information content (AvgIpc) is 2.91. The lowest BCUT2D eigenvalue weighted by Crippen LogP contribution is -2.29. The Morgan fingerprint density at radius 2 is 1.63 bits per heavy atom. The van der Waals surface area contributed by atoms with Gasteiger partial charge in [-0.25, -0.2) is 0 Å². The third-order valence-electron chi connectivity index (χ3n) is 4.56. The summed E-state index contributed by atoms with van der Waals surface area (Å²) in [6.45, 7) is 4.55. The number of allylic oxidation sites excluding steroid dienone is 3. The van der Waals surface area contributed by atoms with Gasteiger partial charge < -0.3 is 14.5 Å². The number of para-hydroxylation sites is 1. The number of hydrogen-bond acceptors (Lipinski definition) is 3. The zero-order valence-electron chi connectivity index (χ0n) is 16.2. The second-order valence-electron chi connectivity index (χ2n) is 6.57. The van der Waals surface area contributed by atoms with E-state index in [1.807, 2.05) is 0 Å². The van der Waals surface area contributed by atoms with Crippen molar-refractivity contribution < 1.29 is 4.74 Å². The second-order valence-corrected chi connectivity index (χ2v) is 6.57. The molecular formula is C24H28N2O. The molecule has 2 aromatic carbocycles. The van der Waals surface area contributed by atoms with Gasteiger partial charge in [-0.15, -0.1) is 0 Å². The van der Waals surface area contributed by atoms with E-state index in [2.05, 4.69) is 102 Å². The SMILES string of the molecule is CCCN1C=CC=CC(N(Cc2ccccc2)c2ccccc2)=C1COC. The fourth-order valence-corrected chi connectivity index (χ4v) is 3.31. The van der Waals surface area contributed by atoms with Crippen LogP contribution in [0.4, 0.5) is 5.69 Å². The molecule has 2 aromatic rings. The summed E-state index contributed by atoms with van der Waals surface area (Å²) >= 11 is 0. The van der Waals surface area contributed by atoms with E-state index in [1.165, 1.54) is 22.6 Å². The van der Waals surface area contributed by atoms with Gasteiger partial charge in [-0.3, -0.25) is 0 Å². The minimum atomic E-state index is 0.572. The van der Waals surface area contributed by atoms with Crippen LogP contribution in [0.1, 0.15) is 18.9 Å². The first-order chi connectivity index (χ1) is 13.3. The maximum atomic E-state index is 5.59. The van der Waals surface area contributed by atoms with E-state index in [4.69, 9.17) is 4.74 Å². The van der Waals surface area contributed by atoms with Gasteiger partial charge in [0.25, 0.3) is 0 Å². The Labute approximate surface area is 162 Å². The normalized spacial score (nSPS) is 13.8. The molecule has 0 aromatic heterocycles. The summed E-state index contributed by atoms with van der Waals surface area (Å²) in [6.07, 6.45) is 9.63. The van der Waals surface area contributed by atoms with E-state index in [9.17, 15) is 0 Å². The molecule has 27 heavy (non-hydrogen) atoms. The van der Waals surface area contributed by atoms with Gasteiger partial charge in [0.15, 0.2) is 0 Å². The molecule has 0 N–H and O–H groups in total. The monoisotopic (exact) mass is 360 g/mol. The van der Waals surface area contributed by atoms with E-state index >= 15 is 0 Å². The van der Waals surface area contributed by atoms with Crippen LogP contribution in [0.25, 0.3) is 0 Å². The lowest BCUT2D eigenvalue weighted by Gasteiger charge is -2.32. The number of ether oxygens (including phenoxy) is 1. The highest BCUT2D eigenvalue weighted by atomic mass is 16.5. The molecule has 0 fully saturated rings. The van der Waals surface area contributed by atoms with E-state index in [0.29, 0.717) is 6.61 Å². The highest BCUT2D eigenvalue weighted by molar-refractivity contribution is 5.57. The number of benzene rings is 2. The van der Waals surface area contributed by atoms with E-state index in [-0.39, 0.29) is 0 Å². The van der Waals surface area contributed by atoms with Crippen LogP contribution >= 0.6 is 0 Å². The summed E-state index contributed by atoms with van der Waals surface area (Å²) in [4.78, 5) is 4.68. The van der Waals surface area contributed by atoms with Crippen molar-refractivity contribution in [3.63, 3.8) is 0 Å². The van der Waals surface area contributed by atoms with E-state index in [1.54, 1.807) is 7.11 Å². The fraction of sp³-hybridized carbons (Fsp3) is 0.250. The maximum absolute atomic E-state index is 5.59. The Balaban J connectivity index is 2.08.